The lowest BCUT2D eigenvalue weighted by molar-refractivity contribution is 0.510. The first-order valence-corrected chi connectivity index (χ1v) is 8.06. The standard InChI is InChI=1S/C17H24ClN3/c1-4-10-19-16(14-9-7-6-8-13(14)3)17-15(18)12-20-21(17)11-5-2/h6-9,12,16,19H,4-5,10-11H2,1-3H3. The molecule has 2 rings (SSSR count). The van der Waals surface area contributed by atoms with Gasteiger partial charge in [-0.2, -0.15) is 5.10 Å². The van der Waals surface area contributed by atoms with Gasteiger partial charge < -0.3 is 5.32 Å². The van der Waals surface area contributed by atoms with Crippen molar-refractivity contribution in [2.24, 2.45) is 0 Å². The Bertz CT molecular complexity index is 577. The third-order valence-corrected chi connectivity index (χ3v) is 3.93. The van der Waals surface area contributed by atoms with Crippen LogP contribution in [0.3, 0.4) is 0 Å². The van der Waals surface area contributed by atoms with E-state index in [9.17, 15) is 0 Å². The highest BCUT2D eigenvalue weighted by atomic mass is 35.5. The summed E-state index contributed by atoms with van der Waals surface area (Å²) in [4.78, 5) is 0. The second-order valence-electron chi connectivity index (χ2n) is 5.34. The van der Waals surface area contributed by atoms with Crippen molar-refractivity contribution in [3.63, 3.8) is 0 Å². The van der Waals surface area contributed by atoms with E-state index in [1.54, 1.807) is 6.20 Å². The third-order valence-electron chi connectivity index (χ3n) is 3.64. The quantitative estimate of drug-likeness (QED) is 0.824. The number of aryl methyl sites for hydroxylation is 2. The summed E-state index contributed by atoms with van der Waals surface area (Å²) in [6.07, 6.45) is 3.88. The van der Waals surface area contributed by atoms with E-state index in [1.165, 1.54) is 11.1 Å². The topological polar surface area (TPSA) is 29.9 Å². The van der Waals surface area contributed by atoms with Crippen LogP contribution in [0.2, 0.25) is 5.02 Å². The second-order valence-corrected chi connectivity index (χ2v) is 5.75. The van der Waals surface area contributed by atoms with E-state index in [-0.39, 0.29) is 6.04 Å². The summed E-state index contributed by atoms with van der Waals surface area (Å²) in [5, 5.41) is 8.79. The Morgan fingerprint density at radius 1 is 1.24 bits per heavy atom. The molecular formula is C17H24ClN3. The number of nitrogens with one attached hydrogen (secondary N) is 1. The SMILES string of the molecule is CCCNC(c1ccccc1C)c1c(Cl)cnn1CCC. The number of nitrogens with zero attached hydrogens (tertiary/aromatic N) is 2. The number of hydrogen-bond donors (Lipinski definition) is 1. The molecule has 4 heteroatoms. The Morgan fingerprint density at radius 3 is 2.67 bits per heavy atom. The van der Waals surface area contributed by atoms with Crippen molar-refractivity contribution in [3.05, 3.63) is 52.3 Å². The lowest BCUT2D eigenvalue weighted by Crippen LogP contribution is -2.27. The average Bonchev–Trinajstić information content (AvgIpc) is 2.83. The Balaban J connectivity index is 2.45. The first-order chi connectivity index (χ1) is 10.2. The van der Waals surface area contributed by atoms with Crippen molar-refractivity contribution >= 4 is 11.6 Å². The fraction of sp³-hybridized carbons (Fsp3) is 0.471. The number of rotatable bonds is 7. The van der Waals surface area contributed by atoms with Crippen LogP contribution in [-0.4, -0.2) is 16.3 Å². The van der Waals surface area contributed by atoms with Crippen molar-refractivity contribution in [1.29, 1.82) is 0 Å². The Kier molecular flexibility index (Phi) is 5.83. The lowest BCUT2D eigenvalue weighted by atomic mass is 9.98. The maximum absolute atomic E-state index is 6.43. The fourth-order valence-electron chi connectivity index (χ4n) is 2.60. The molecule has 0 saturated heterocycles. The zero-order chi connectivity index (χ0) is 15.2. The highest BCUT2D eigenvalue weighted by molar-refractivity contribution is 6.31. The third kappa shape index (κ3) is 3.66. The van der Waals surface area contributed by atoms with Crippen molar-refractivity contribution in [3.8, 4) is 0 Å². The Morgan fingerprint density at radius 2 is 2.00 bits per heavy atom. The van der Waals surface area contributed by atoms with E-state index >= 15 is 0 Å². The van der Waals surface area contributed by atoms with Crippen LogP contribution < -0.4 is 5.32 Å². The molecule has 114 valence electrons. The van der Waals surface area contributed by atoms with E-state index < -0.39 is 0 Å². The van der Waals surface area contributed by atoms with E-state index in [1.807, 2.05) is 4.68 Å². The van der Waals surface area contributed by atoms with E-state index in [4.69, 9.17) is 11.6 Å². The van der Waals surface area contributed by atoms with Crippen LogP contribution in [0.5, 0.6) is 0 Å². The number of aromatic nitrogens is 2. The molecule has 2 aromatic rings. The van der Waals surface area contributed by atoms with Gasteiger partial charge in [0.25, 0.3) is 0 Å². The van der Waals surface area contributed by atoms with Gasteiger partial charge in [0.05, 0.1) is 23.0 Å². The molecule has 0 aliphatic rings. The zero-order valence-corrected chi connectivity index (χ0v) is 13.8. The van der Waals surface area contributed by atoms with Crippen LogP contribution in [0.25, 0.3) is 0 Å². The van der Waals surface area contributed by atoms with Gasteiger partial charge in [0, 0.05) is 6.54 Å². The highest BCUT2D eigenvalue weighted by Gasteiger charge is 2.22. The summed E-state index contributed by atoms with van der Waals surface area (Å²) < 4.78 is 2.03. The molecule has 0 radical (unpaired) electrons. The minimum absolute atomic E-state index is 0.0905. The molecule has 1 aromatic carbocycles. The summed E-state index contributed by atoms with van der Waals surface area (Å²) in [6.45, 7) is 8.31. The predicted molar refractivity (Wildman–Crippen MR) is 88.8 cm³/mol. The van der Waals surface area contributed by atoms with Crippen LogP contribution >= 0.6 is 11.6 Å². The molecule has 0 fully saturated rings. The van der Waals surface area contributed by atoms with Gasteiger partial charge in [-0.05, 0) is 37.4 Å². The number of benzene rings is 1. The van der Waals surface area contributed by atoms with Crippen LogP contribution in [0.1, 0.15) is 49.6 Å². The molecule has 1 aromatic heterocycles. The minimum atomic E-state index is 0.0905. The normalized spacial score (nSPS) is 12.6. The molecule has 1 N–H and O–H groups in total. The number of hydrogen-bond acceptors (Lipinski definition) is 2. The van der Waals surface area contributed by atoms with Gasteiger partial charge >= 0.3 is 0 Å². The molecule has 0 spiro atoms. The Hall–Kier alpha value is -1.32. The minimum Gasteiger partial charge on any atom is -0.305 e. The highest BCUT2D eigenvalue weighted by Crippen LogP contribution is 2.30. The van der Waals surface area contributed by atoms with Crippen LogP contribution in [-0.2, 0) is 6.54 Å². The maximum Gasteiger partial charge on any atom is 0.0837 e. The predicted octanol–water partition coefficient (Wildman–Crippen LogP) is 4.34. The molecule has 1 heterocycles. The fourth-order valence-corrected chi connectivity index (χ4v) is 2.85. The molecule has 0 bridgehead atoms. The molecule has 21 heavy (non-hydrogen) atoms. The van der Waals surface area contributed by atoms with Gasteiger partial charge in [-0.25, -0.2) is 0 Å². The first-order valence-electron chi connectivity index (χ1n) is 7.69. The van der Waals surface area contributed by atoms with Crippen molar-refractivity contribution in [2.75, 3.05) is 6.54 Å². The largest absolute Gasteiger partial charge is 0.305 e. The summed E-state index contributed by atoms with van der Waals surface area (Å²) in [6, 6.07) is 8.55. The molecule has 3 nitrogen and oxygen atoms in total. The monoisotopic (exact) mass is 305 g/mol. The van der Waals surface area contributed by atoms with Gasteiger partial charge in [-0.3, -0.25) is 4.68 Å². The van der Waals surface area contributed by atoms with Crippen molar-refractivity contribution in [1.82, 2.24) is 15.1 Å². The maximum atomic E-state index is 6.43. The van der Waals surface area contributed by atoms with Crippen LogP contribution in [0.4, 0.5) is 0 Å². The molecule has 1 unspecified atom stereocenters. The van der Waals surface area contributed by atoms with Gasteiger partial charge in [-0.1, -0.05) is 49.7 Å². The van der Waals surface area contributed by atoms with E-state index in [0.717, 1.165) is 36.6 Å². The average molecular weight is 306 g/mol. The summed E-state index contributed by atoms with van der Waals surface area (Å²) >= 11 is 6.43. The molecular weight excluding hydrogens is 282 g/mol. The van der Waals surface area contributed by atoms with E-state index in [0.29, 0.717) is 0 Å². The van der Waals surface area contributed by atoms with Gasteiger partial charge in [0.2, 0.25) is 0 Å². The van der Waals surface area contributed by atoms with Crippen molar-refractivity contribution < 1.29 is 0 Å². The zero-order valence-electron chi connectivity index (χ0n) is 13.1. The summed E-state index contributed by atoms with van der Waals surface area (Å²) in [7, 11) is 0. The molecule has 0 saturated carbocycles. The van der Waals surface area contributed by atoms with Crippen LogP contribution in [0, 0.1) is 6.92 Å². The lowest BCUT2D eigenvalue weighted by Gasteiger charge is -2.22. The Labute approximate surface area is 132 Å². The van der Waals surface area contributed by atoms with Gasteiger partial charge in [0.1, 0.15) is 0 Å². The van der Waals surface area contributed by atoms with Gasteiger partial charge in [0.15, 0.2) is 0 Å². The second kappa shape index (κ2) is 7.62. The summed E-state index contributed by atoms with van der Waals surface area (Å²) in [5.41, 5.74) is 3.61. The molecule has 0 aliphatic carbocycles. The van der Waals surface area contributed by atoms with Crippen molar-refractivity contribution in [2.45, 2.75) is 46.2 Å². The smallest absolute Gasteiger partial charge is 0.0837 e. The molecule has 0 amide bonds. The number of halogens is 1. The first kappa shape index (κ1) is 16.1. The summed E-state index contributed by atoms with van der Waals surface area (Å²) in [5.74, 6) is 0. The molecule has 1 atom stereocenters. The van der Waals surface area contributed by atoms with Gasteiger partial charge in [-0.15, -0.1) is 0 Å². The van der Waals surface area contributed by atoms with E-state index in [2.05, 4.69) is 55.5 Å². The van der Waals surface area contributed by atoms with Crippen LogP contribution in [0.15, 0.2) is 30.5 Å². The molecule has 0 aliphatic heterocycles.